The van der Waals surface area contributed by atoms with Crippen molar-refractivity contribution in [3.8, 4) is 11.4 Å². The van der Waals surface area contributed by atoms with E-state index in [-0.39, 0.29) is 11.2 Å². The maximum Gasteiger partial charge on any atom is 0.237 e. The van der Waals surface area contributed by atoms with Gasteiger partial charge in [0, 0.05) is 22.8 Å². The fraction of sp³-hybridized carbons (Fsp3) is 0.250. The molecular formula is C20H21ClN4OS. The molecule has 2 aromatic carbocycles. The third-order valence-electron chi connectivity index (χ3n) is 4.17. The van der Waals surface area contributed by atoms with E-state index in [4.69, 9.17) is 11.6 Å². The van der Waals surface area contributed by atoms with Crippen LogP contribution in [0.3, 0.4) is 0 Å². The molecule has 0 aliphatic rings. The molecule has 0 saturated heterocycles. The molecule has 1 N–H and O–H groups in total. The molecule has 1 atom stereocenters. The summed E-state index contributed by atoms with van der Waals surface area (Å²) in [5, 5.41) is 12.6. The number of halogens is 1. The van der Waals surface area contributed by atoms with E-state index in [1.54, 1.807) is 12.1 Å². The Balaban J connectivity index is 1.76. The summed E-state index contributed by atoms with van der Waals surface area (Å²) in [6, 6.07) is 15.4. The van der Waals surface area contributed by atoms with Crippen LogP contribution in [0.4, 0.5) is 5.69 Å². The molecule has 7 heteroatoms. The van der Waals surface area contributed by atoms with E-state index in [1.807, 2.05) is 61.7 Å². The van der Waals surface area contributed by atoms with E-state index in [1.165, 1.54) is 11.8 Å². The fourth-order valence-corrected chi connectivity index (χ4v) is 3.72. The fourth-order valence-electron chi connectivity index (χ4n) is 2.64. The average Bonchev–Trinajstić information content (AvgIpc) is 3.07. The Morgan fingerprint density at radius 1 is 1.22 bits per heavy atom. The quantitative estimate of drug-likeness (QED) is 0.588. The lowest BCUT2D eigenvalue weighted by Gasteiger charge is -2.14. The number of aryl methyl sites for hydroxylation is 1. The van der Waals surface area contributed by atoms with Crippen LogP contribution in [0.25, 0.3) is 11.4 Å². The Kier molecular flexibility index (Phi) is 6.19. The van der Waals surface area contributed by atoms with Crippen LogP contribution in [0, 0.1) is 6.92 Å². The number of rotatable bonds is 6. The van der Waals surface area contributed by atoms with Gasteiger partial charge in [0.05, 0.1) is 5.25 Å². The van der Waals surface area contributed by atoms with Crippen molar-refractivity contribution in [2.45, 2.75) is 37.7 Å². The summed E-state index contributed by atoms with van der Waals surface area (Å²) in [7, 11) is 0. The number of nitrogens with one attached hydrogen (secondary N) is 1. The third kappa shape index (κ3) is 4.51. The Morgan fingerprint density at radius 3 is 2.67 bits per heavy atom. The first kappa shape index (κ1) is 19.5. The standard InChI is InChI=1S/C20H21ClN4OS/c1-4-25-18(15-8-6-5-7-9-15)23-24-20(25)27-14(3)19(26)22-17-12-16(21)11-10-13(17)2/h5-12,14H,4H2,1-3H3,(H,22,26)/t14-/m0/s1. The Hall–Kier alpha value is -2.31. The summed E-state index contributed by atoms with van der Waals surface area (Å²) in [5.74, 6) is 0.705. The number of anilines is 1. The maximum absolute atomic E-state index is 12.6. The molecule has 3 aromatic rings. The van der Waals surface area contributed by atoms with Crippen molar-refractivity contribution in [2.24, 2.45) is 0 Å². The Bertz CT molecular complexity index is 942. The van der Waals surface area contributed by atoms with Crippen LogP contribution in [0.2, 0.25) is 5.02 Å². The second-order valence-electron chi connectivity index (χ2n) is 6.13. The molecule has 0 spiro atoms. The van der Waals surface area contributed by atoms with Gasteiger partial charge in [0.1, 0.15) is 0 Å². The van der Waals surface area contributed by atoms with E-state index in [0.717, 1.165) is 34.3 Å². The highest BCUT2D eigenvalue weighted by Crippen LogP contribution is 2.28. The van der Waals surface area contributed by atoms with Gasteiger partial charge in [-0.3, -0.25) is 4.79 Å². The van der Waals surface area contributed by atoms with E-state index in [0.29, 0.717) is 5.02 Å². The first-order valence-corrected chi connectivity index (χ1v) is 9.97. The van der Waals surface area contributed by atoms with E-state index < -0.39 is 0 Å². The van der Waals surface area contributed by atoms with Gasteiger partial charge < -0.3 is 9.88 Å². The number of hydrogen-bond donors (Lipinski definition) is 1. The first-order valence-electron chi connectivity index (χ1n) is 8.72. The number of carbonyl (C=O) groups is 1. The van der Waals surface area contributed by atoms with E-state index >= 15 is 0 Å². The number of thioether (sulfide) groups is 1. The van der Waals surface area contributed by atoms with Gasteiger partial charge >= 0.3 is 0 Å². The predicted octanol–water partition coefficient (Wildman–Crippen LogP) is 5.05. The lowest BCUT2D eigenvalue weighted by molar-refractivity contribution is -0.115. The molecular weight excluding hydrogens is 380 g/mol. The highest BCUT2D eigenvalue weighted by atomic mass is 35.5. The number of hydrogen-bond acceptors (Lipinski definition) is 4. The van der Waals surface area contributed by atoms with E-state index in [9.17, 15) is 4.79 Å². The first-order chi connectivity index (χ1) is 13.0. The summed E-state index contributed by atoms with van der Waals surface area (Å²) >= 11 is 7.42. The minimum Gasteiger partial charge on any atom is -0.325 e. The maximum atomic E-state index is 12.6. The highest BCUT2D eigenvalue weighted by molar-refractivity contribution is 8.00. The van der Waals surface area contributed by atoms with Crippen molar-refractivity contribution in [3.63, 3.8) is 0 Å². The number of carbonyl (C=O) groups excluding carboxylic acids is 1. The SMILES string of the molecule is CCn1c(S[C@@H](C)C(=O)Nc2cc(Cl)ccc2C)nnc1-c1ccccc1. The van der Waals surface area contributed by atoms with Crippen molar-refractivity contribution < 1.29 is 4.79 Å². The summed E-state index contributed by atoms with van der Waals surface area (Å²) < 4.78 is 2.02. The van der Waals surface area contributed by atoms with Gasteiger partial charge in [-0.2, -0.15) is 0 Å². The number of nitrogens with zero attached hydrogens (tertiary/aromatic N) is 3. The van der Waals surface area contributed by atoms with Crippen LogP contribution in [-0.2, 0) is 11.3 Å². The lowest BCUT2D eigenvalue weighted by Crippen LogP contribution is -2.23. The number of amides is 1. The molecule has 0 unspecified atom stereocenters. The van der Waals surface area contributed by atoms with Crippen molar-refractivity contribution in [1.29, 1.82) is 0 Å². The average molecular weight is 401 g/mol. The minimum absolute atomic E-state index is 0.0997. The predicted molar refractivity (Wildman–Crippen MR) is 111 cm³/mol. The zero-order chi connectivity index (χ0) is 19.4. The molecule has 0 bridgehead atoms. The molecule has 0 saturated carbocycles. The molecule has 0 aliphatic heterocycles. The smallest absolute Gasteiger partial charge is 0.237 e. The van der Waals surface area contributed by atoms with Gasteiger partial charge in [-0.25, -0.2) is 0 Å². The number of benzene rings is 2. The Labute approximate surface area is 168 Å². The van der Waals surface area contributed by atoms with Gasteiger partial charge in [-0.1, -0.05) is 59.8 Å². The molecule has 1 heterocycles. The minimum atomic E-state index is -0.332. The van der Waals surface area contributed by atoms with Crippen molar-refractivity contribution in [1.82, 2.24) is 14.8 Å². The normalized spacial score (nSPS) is 12.0. The van der Waals surface area contributed by atoms with Gasteiger partial charge in [0.15, 0.2) is 11.0 Å². The van der Waals surface area contributed by atoms with Crippen LogP contribution in [0.5, 0.6) is 0 Å². The molecule has 140 valence electrons. The van der Waals surface area contributed by atoms with Crippen LogP contribution >= 0.6 is 23.4 Å². The van der Waals surface area contributed by atoms with Crippen molar-refractivity contribution >= 4 is 35.0 Å². The van der Waals surface area contributed by atoms with Crippen LogP contribution in [-0.4, -0.2) is 25.9 Å². The molecule has 0 aliphatic carbocycles. The molecule has 27 heavy (non-hydrogen) atoms. The summed E-state index contributed by atoms with van der Waals surface area (Å²) in [4.78, 5) is 12.6. The van der Waals surface area contributed by atoms with Gasteiger partial charge in [-0.15, -0.1) is 10.2 Å². The summed E-state index contributed by atoms with van der Waals surface area (Å²) in [6.45, 7) is 6.56. The largest absolute Gasteiger partial charge is 0.325 e. The zero-order valence-corrected chi connectivity index (χ0v) is 17.0. The monoisotopic (exact) mass is 400 g/mol. The van der Waals surface area contributed by atoms with Crippen LogP contribution in [0.1, 0.15) is 19.4 Å². The second kappa shape index (κ2) is 8.59. The third-order valence-corrected chi connectivity index (χ3v) is 5.49. The molecule has 1 amide bonds. The Morgan fingerprint density at radius 2 is 1.96 bits per heavy atom. The van der Waals surface area contributed by atoms with Crippen LogP contribution < -0.4 is 5.32 Å². The van der Waals surface area contributed by atoms with Gasteiger partial charge in [-0.05, 0) is 38.5 Å². The zero-order valence-electron chi connectivity index (χ0n) is 15.4. The lowest BCUT2D eigenvalue weighted by atomic mass is 10.2. The number of aromatic nitrogens is 3. The van der Waals surface area contributed by atoms with Crippen molar-refractivity contribution in [3.05, 3.63) is 59.1 Å². The molecule has 0 fully saturated rings. The summed E-state index contributed by atoms with van der Waals surface area (Å²) in [5.41, 5.74) is 2.69. The van der Waals surface area contributed by atoms with Crippen LogP contribution in [0.15, 0.2) is 53.7 Å². The summed E-state index contributed by atoms with van der Waals surface area (Å²) in [6.07, 6.45) is 0. The second-order valence-corrected chi connectivity index (χ2v) is 7.87. The topological polar surface area (TPSA) is 59.8 Å². The van der Waals surface area contributed by atoms with Gasteiger partial charge in [0.25, 0.3) is 0 Å². The highest BCUT2D eigenvalue weighted by Gasteiger charge is 2.20. The van der Waals surface area contributed by atoms with Crippen molar-refractivity contribution in [2.75, 3.05) is 5.32 Å². The molecule has 5 nitrogen and oxygen atoms in total. The molecule has 3 rings (SSSR count). The van der Waals surface area contributed by atoms with Gasteiger partial charge in [0.2, 0.25) is 5.91 Å². The molecule has 1 aromatic heterocycles. The molecule has 0 radical (unpaired) electrons. The van der Waals surface area contributed by atoms with E-state index in [2.05, 4.69) is 15.5 Å².